The van der Waals surface area contributed by atoms with E-state index in [0.717, 1.165) is 52.3 Å². The number of benzene rings is 5. The molecule has 8 atom stereocenters. The van der Waals surface area contributed by atoms with E-state index in [1.54, 1.807) is 43.1 Å². The van der Waals surface area contributed by atoms with E-state index in [2.05, 4.69) is 57.7 Å². The van der Waals surface area contributed by atoms with Crippen molar-refractivity contribution in [2.24, 2.45) is 22.7 Å². The summed E-state index contributed by atoms with van der Waals surface area (Å²) in [5.41, 5.74) is 4.88. The molecule has 0 unspecified atom stereocenters. The first-order valence-electron chi connectivity index (χ1n) is 29.3. The average Bonchev–Trinajstić information content (AvgIpc) is 4.18. The van der Waals surface area contributed by atoms with Gasteiger partial charge < -0.3 is 36.0 Å². The van der Waals surface area contributed by atoms with Gasteiger partial charge in [-0.3, -0.25) is 33.6 Å². The average molecular weight is 1100 g/mol. The topological polar surface area (TPSA) is 177 Å². The van der Waals surface area contributed by atoms with Crippen molar-refractivity contribution in [1.29, 1.82) is 0 Å². The molecule has 4 N–H and O–H groups in total. The molecule has 81 heavy (non-hydrogen) atoms. The molecule has 0 aromatic heterocycles. The van der Waals surface area contributed by atoms with Crippen LogP contribution in [0.3, 0.4) is 0 Å². The lowest BCUT2D eigenvalue weighted by molar-refractivity contribution is -0.146. The Morgan fingerprint density at radius 3 is 2.06 bits per heavy atom. The Balaban J connectivity index is 1.05. The van der Waals surface area contributed by atoms with Gasteiger partial charge in [0.15, 0.2) is 0 Å². The number of carbonyl (C=O) groups excluding carboxylic acids is 7. The van der Waals surface area contributed by atoms with Gasteiger partial charge in [-0.25, -0.2) is 0 Å². The number of likely N-dealkylation sites (N-methyl/N-ethyl adjacent to an activating group) is 1. The summed E-state index contributed by atoms with van der Waals surface area (Å²) in [6, 6.07) is 33.7. The van der Waals surface area contributed by atoms with E-state index in [0.29, 0.717) is 43.5 Å². The van der Waals surface area contributed by atoms with E-state index in [9.17, 15) is 24.0 Å². The van der Waals surface area contributed by atoms with Crippen molar-refractivity contribution < 1.29 is 33.6 Å². The SMILES string of the molecule is CC[C@@H](C)C(=O)N[C@H](C(=O)N1Cc2ccccc2C[C@H]1CN(CCc1cccc2ccccc12)C(=O)c1ccc(C(=O)N[C@H]2C[C@@H](C(=O)N[C@@H]3CCCc4ccccc43)N(C(=O)[C@@H](CC(=O)[C@H](C)NC)C(C)(C)C)C2)cc1)C(C)(C)C. The van der Waals surface area contributed by atoms with Crippen molar-refractivity contribution in [2.45, 2.75) is 156 Å². The second-order valence-corrected chi connectivity index (χ2v) is 25.1. The number of rotatable bonds is 19. The number of ketones is 1. The molecule has 5 aromatic rings. The quantitative estimate of drug-likeness (QED) is 0.0633. The molecule has 1 aliphatic carbocycles. The molecule has 8 rings (SSSR count). The van der Waals surface area contributed by atoms with Crippen molar-refractivity contribution >= 4 is 52.0 Å². The van der Waals surface area contributed by atoms with Gasteiger partial charge in [-0.2, -0.15) is 0 Å². The molecular weight excluding hydrogens is 1010 g/mol. The first-order chi connectivity index (χ1) is 38.6. The summed E-state index contributed by atoms with van der Waals surface area (Å²) >= 11 is 0. The highest BCUT2D eigenvalue weighted by molar-refractivity contribution is 5.99. The van der Waals surface area contributed by atoms with Crippen LogP contribution in [-0.4, -0.2) is 113 Å². The van der Waals surface area contributed by atoms with E-state index < -0.39 is 52.9 Å². The van der Waals surface area contributed by atoms with Crippen molar-refractivity contribution in [2.75, 3.05) is 26.7 Å². The Hall–Kier alpha value is -7.19. The Kier molecular flexibility index (Phi) is 19.0. The van der Waals surface area contributed by atoms with Crippen LogP contribution in [0.1, 0.15) is 149 Å². The molecule has 0 spiro atoms. The summed E-state index contributed by atoms with van der Waals surface area (Å²) in [6.45, 7) is 18.2. The maximum atomic E-state index is 15.2. The molecule has 14 nitrogen and oxygen atoms in total. The largest absolute Gasteiger partial charge is 0.347 e. The number of amides is 6. The third-order valence-corrected chi connectivity index (χ3v) is 17.3. The van der Waals surface area contributed by atoms with Crippen LogP contribution in [0.4, 0.5) is 0 Å². The number of nitrogens with one attached hydrogen (secondary N) is 4. The molecule has 5 aromatic carbocycles. The smallest absolute Gasteiger partial charge is 0.253 e. The monoisotopic (exact) mass is 1100 g/mol. The number of hydrogen-bond donors (Lipinski definition) is 4. The lowest BCUT2D eigenvalue weighted by Gasteiger charge is -2.43. The first kappa shape index (κ1) is 59.9. The van der Waals surface area contributed by atoms with Crippen molar-refractivity contribution in [3.05, 3.63) is 154 Å². The zero-order valence-corrected chi connectivity index (χ0v) is 49.3. The molecule has 0 radical (unpaired) electrons. The minimum absolute atomic E-state index is 0.00527. The molecule has 2 aliphatic heterocycles. The molecule has 2 heterocycles. The van der Waals surface area contributed by atoms with Crippen molar-refractivity contribution in [3.8, 4) is 0 Å². The highest BCUT2D eigenvalue weighted by Crippen LogP contribution is 2.36. The molecule has 14 heteroatoms. The van der Waals surface area contributed by atoms with Gasteiger partial charge in [-0.15, -0.1) is 0 Å². The number of Topliss-reactive ketones (excluding diaryl/α,β-unsaturated/α-hetero) is 1. The fraction of sp³-hybridized carbons (Fsp3) is 0.478. The number of carbonyl (C=O) groups is 7. The first-order valence-corrected chi connectivity index (χ1v) is 29.3. The lowest BCUT2D eigenvalue weighted by atomic mass is 9.76. The summed E-state index contributed by atoms with van der Waals surface area (Å²) in [5.74, 6) is -2.76. The number of fused-ring (bicyclic) bond motifs is 3. The van der Waals surface area contributed by atoms with E-state index in [4.69, 9.17) is 0 Å². The van der Waals surface area contributed by atoms with Crippen LogP contribution in [0.25, 0.3) is 10.8 Å². The number of likely N-dealkylation sites (tertiary alicyclic amines) is 1. The summed E-state index contributed by atoms with van der Waals surface area (Å²) < 4.78 is 0. The van der Waals surface area contributed by atoms with Crippen molar-refractivity contribution in [1.82, 2.24) is 36.0 Å². The van der Waals surface area contributed by atoms with Gasteiger partial charge in [-0.1, -0.05) is 146 Å². The van der Waals surface area contributed by atoms with Crippen LogP contribution in [0.2, 0.25) is 0 Å². The van der Waals surface area contributed by atoms with Gasteiger partial charge in [0.05, 0.1) is 18.1 Å². The van der Waals surface area contributed by atoms with Crippen LogP contribution in [0.5, 0.6) is 0 Å². The molecule has 0 saturated carbocycles. The van der Waals surface area contributed by atoms with Crippen molar-refractivity contribution in [3.63, 3.8) is 0 Å². The predicted molar refractivity (Wildman–Crippen MR) is 318 cm³/mol. The van der Waals surface area contributed by atoms with Gasteiger partial charge in [0.25, 0.3) is 11.8 Å². The predicted octanol–water partition coefficient (Wildman–Crippen LogP) is 9.18. The van der Waals surface area contributed by atoms with Crippen LogP contribution in [0, 0.1) is 22.7 Å². The Morgan fingerprint density at radius 1 is 0.716 bits per heavy atom. The number of aryl methyl sites for hydroxylation is 1. The Bertz CT molecular complexity index is 3100. The minimum Gasteiger partial charge on any atom is -0.347 e. The lowest BCUT2D eigenvalue weighted by Crippen LogP contribution is -2.60. The molecule has 1 saturated heterocycles. The Morgan fingerprint density at radius 2 is 1.37 bits per heavy atom. The van der Waals surface area contributed by atoms with E-state index in [-0.39, 0.29) is 73.2 Å². The fourth-order valence-corrected chi connectivity index (χ4v) is 11.9. The van der Waals surface area contributed by atoms with Gasteiger partial charge >= 0.3 is 0 Å². The molecular formula is C67H85N7O7. The molecule has 3 aliphatic rings. The van der Waals surface area contributed by atoms with Crippen LogP contribution >= 0.6 is 0 Å². The third-order valence-electron chi connectivity index (χ3n) is 17.3. The summed E-state index contributed by atoms with van der Waals surface area (Å²) in [4.78, 5) is 106. The van der Waals surface area contributed by atoms with Gasteiger partial charge in [0.1, 0.15) is 17.9 Å². The molecule has 0 bridgehead atoms. The van der Waals surface area contributed by atoms with Crippen LogP contribution in [-0.2, 0) is 49.8 Å². The summed E-state index contributed by atoms with van der Waals surface area (Å²) in [5, 5.41) is 14.7. The third kappa shape index (κ3) is 14.1. The van der Waals surface area contributed by atoms with E-state index >= 15 is 9.59 Å². The molecule has 6 amide bonds. The second-order valence-electron chi connectivity index (χ2n) is 25.1. The summed E-state index contributed by atoms with van der Waals surface area (Å²) in [7, 11) is 1.71. The summed E-state index contributed by atoms with van der Waals surface area (Å²) in [6.07, 6.45) is 4.43. The second kappa shape index (κ2) is 25.7. The van der Waals surface area contributed by atoms with E-state index in [1.165, 1.54) is 5.56 Å². The standard InChI is InChI=1S/C67H85N7O7/c1-11-42(2)60(76)71-59(67(7,8)9)65(81)73-39-50-23-13-12-22-49(50)36-52(73)41-72(35-34-46-25-18-24-44-20-14-16-27-53(44)46)63(79)48-32-30-47(31-33-48)61(77)69-51-37-57(62(78)70-56-29-19-26-45-21-15-17-28-54(45)56)74(40-51)64(80)55(66(4,5)6)38-58(75)43(3)68-10/h12-18,20-25,27-28,30-33,42-43,51-52,55-57,59,68H,11,19,26,29,34-41H2,1-10H3,(H,69,77)(H,70,78)(H,71,76)/t42-,43+,51+,52+,55-,56-,57+,59-/m1/s1. The normalized spacial score (nSPS) is 19.5. The number of hydrogen-bond acceptors (Lipinski definition) is 8. The van der Waals surface area contributed by atoms with Crippen LogP contribution in [0.15, 0.2) is 115 Å². The molecule has 430 valence electrons. The van der Waals surface area contributed by atoms with Gasteiger partial charge in [0.2, 0.25) is 23.6 Å². The maximum absolute atomic E-state index is 15.2. The van der Waals surface area contributed by atoms with Gasteiger partial charge in [-0.05, 0) is 133 Å². The maximum Gasteiger partial charge on any atom is 0.253 e. The highest BCUT2D eigenvalue weighted by atomic mass is 16.2. The zero-order chi connectivity index (χ0) is 58.3. The number of nitrogens with zero attached hydrogens (tertiary/aromatic N) is 3. The van der Waals surface area contributed by atoms with E-state index in [1.807, 2.05) is 120 Å². The zero-order valence-electron chi connectivity index (χ0n) is 49.3. The minimum atomic E-state index is -0.898. The fourth-order valence-electron chi connectivity index (χ4n) is 11.9. The van der Waals surface area contributed by atoms with Crippen LogP contribution < -0.4 is 21.3 Å². The molecule has 1 fully saturated rings. The van der Waals surface area contributed by atoms with Gasteiger partial charge in [0, 0.05) is 61.6 Å². The Labute approximate surface area is 479 Å². The highest BCUT2D eigenvalue weighted by Gasteiger charge is 2.46.